The highest BCUT2D eigenvalue weighted by molar-refractivity contribution is 5.71. The summed E-state index contributed by atoms with van der Waals surface area (Å²) < 4.78 is 16.7. The first kappa shape index (κ1) is 58.1. The van der Waals surface area contributed by atoms with Crippen LogP contribution >= 0.6 is 0 Å². The Hall–Kier alpha value is -3.93. The molecule has 0 saturated carbocycles. The molecule has 0 aromatic rings. The van der Waals surface area contributed by atoms with Gasteiger partial charge < -0.3 is 14.2 Å². The summed E-state index contributed by atoms with van der Waals surface area (Å²) in [6.45, 7) is 6.27. The molecule has 0 bridgehead atoms. The number of carbonyl (C=O) groups excluding carboxylic acids is 3. The number of hydrogen-bond donors (Lipinski definition) is 0. The van der Waals surface area contributed by atoms with Gasteiger partial charge >= 0.3 is 17.9 Å². The predicted octanol–water partition coefficient (Wildman–Crippen LogP) is 16.4. The summed E-state index contributed by atoms with van der Waals surface area (Å²) in [5, 5.41) is 0. The smallest absolute Gasteiger partial charge is 0.306 e. The molecule has 0 rings (SSSR count). The molecule has 1 atom stereocenters. The van der Waals surface area contributed by atoms with E-state index in [9.17, 15) is 14.4 Å². The van der Waals surface area contributed by atoms with Crippen LogP contribution in [0.5, 0.6) is 0 Å². The van der Waals surface area contributed by atoms with Crippen LogP contribution in [0.2, 0.25) is 0 Å². The molecule has 0 saturated heterocycles. The summed E-state index contributed by atoms with van der Waals surface area (Å²) in [6.07, 6.45) is 66.5. The van der Waals surface area contributed by atoms with E-state index in [0.717, 1.165) is 116 Å². The maximum atomic E-state index is 12.8. The van der Waals surface area contributed by atoms with E-state index in [4.69, 9.17) is 14.2 Å². The molecule has 0 radical (unpaired) electrons. The topological polar surface area (TPSA) is 78.9 Å². The van der Waals surface area contributed by atoms with Gasteiger partial charge in [-0.1, -0.05) is 194 Å². The van der Waals surface area contributed by atoms with Crippen LogP contribution in [0.4, 0.5) is 0 Å². The van der Waals surface area contributed by atoms with Crippen LogP contribution in [0.25, 0.3) is 0 Å². The van der Waals surface area contributed by atoms with Gasteiger partial charge in [-0.2, -0.15) is 0 Å². The molecule has 6 heteroatoms. The van der Waals surface area contributed by atoms with Crippen LogP contribution in [0.1, 0.15) is 207 Å². The Balaban J connectivity index is 4.51. The van der Waals surface area contributed by atoms with E-state index in [1.807, 2.05) is 12.2 Å². The van der Waals surface area contributed by atoms with Crippen LogP contribution in [0.15, 0.2) is 109 Å². The van der Waals surface area contributed by atoms with Crippen molar-refractivity contribution in [3.8, 4) is 0 Å². The van der Waals surface area contributed by atoms with Gasteiger partial charge in [0.2, 0.25) is 0 Å². The molecule has 0 heterocycles. The van der Waals surface area contributed by atoms with Crippen molar-refractivity contribution in [2.24, 2.45) is 0 Å². The summed E-state index contributed by atoms with van der Waals surface area (Å²) in [5.74, 6) is -1.03. The Labute approximate surface area is 380 Å². The van der Waals surface area contributed by atoms with Crippen molar-refractivity contribution in [1.82, 2.24) is 0 Å². The minimum atomic E-state index is -0.819. The van der Waals surface area contributed by atoms with Crippen LogP contribution in [0.3, 0.4) is 0 Å². The second-order valence-electron chi connectivity index (χ2n) is 16.0. The van der Waals surface area contributed by atoms with Gasteiger partial charge in [-0.25, -0.2) is 0 Å². The summed E-state index contributed by atoms with van der Waals surface area (Å²) in [7, 11) is 0. The van der Waals surface area contributed by atoms with Gasteiger partial charge in [-0.15, -0.1) is 0 Å². The van der Waals surface area contributed by atoms with Crippen molar-refractivity contribution < 1.29 is 28.6 Å². The lowest BCUT2D eigenvalue weighted by atomic mass is 10.1. The van der Waals surface area contributed by atoms with Gasteiger partial charge in [0, 0.05) is 19.3 Å². The maximum Gasteiger partial charge on any atom is 0.306 e. The largest absolute Gasteiger partial charge is 0.462 e. The average Bonchev–Trinajstić information content (AvgIpc) is 3.27. The van der Waals surface area contributed by atoms with E-state index in [1.54, 1.807) is 0 Å². The van der Waals surface area contributed by atoms with Crippen molar-refractivity contribution >= 4 is 17.9 Å². The van der Waals surface area contributed by atoms with Crippen molar-refractivity contribution in [2.45, 2.75) is 213 Å². The fourth-order valence-corrected chi connectivity index (χ4v) is 6.31. The van der Waals surface area contributed by atoms with E-state index in [2.05, 4.69) is 118 Å². The second-order valence-corrected chi connectivity index (χ2v) is 16.0. The third-order valence-corrected chi connectivity index (χ3v) is 10.0. The summed E-state index contributed by atoms with van der Waals surface area (Å²) in [6, 6.07) is 0. The first-order chi connectivity index (χ1) is 30.5. The van der Waals surface area contributed by atoms with Gasteiger partial charge in [0.1, 0.15) is 13.2 Å². The number of carbonyl (C=O) groups is 3. The Morgan fingerprint density at radius 1 is 0.339 bits per heavy atom. The lowest BCUT2D eigenvalue weighted by molar-refractivity contribution is -0.166. The van der Waals surface area contributed by atoms with Gasteiger partial charge in [0.05, 0.1) is 0 Å². The highest BCUT2D eigenvalue weighted by Crippen LogP contribution is 2.13. The Morgan fingerprint density at radius 2 is 0.661 bits per heavy atom. The van der Waals surface area contributed by atoms with Crippen LogP contribution in [-0.4, -0.2) is 37.2 Å². The Kier molecular flexibility index (Phi) is 46.6. The molecule has 0 aliphatic rings. The first-order valence-corrected chi connectivity index (χ1v) is 24.9. The van der Waals surface area contributed by atoms with Gasteiger partial charge in [-0.3, -0.25) is 14.4 Å². The van der Waals surface area contributed by atoms with Crippen molar-refractivity contribution in [3.05, 3.63) is 109 Å². The molecular weight excluding hydrogens is 769 g/mol. The number of hydrogen-bond acceptors (Lipinski definition) is 6. The number of allylic oxidation sites excluding steroid dienone is 18. The highest BCUT2D eigenvalue weighted by atomic mass is 16.6. The van der Waals surface area contributed by atoms with E-state index < -0.39 is 6.10 Å². The zero-order valence-corrected chi connectivity index (χ0v) is 39.8. The summed E-state index contributed by atoms with van der Waals surface area (Å²) in [5.41, 5.74) is 0. The van der Waals surface area contributed by atoms with E-state index in [0.29, 0.717) is 19.3 Å². The Morgan fingerprint density at radius 3 is 1.08 bits per heavy atom. The normalized spacial score (nSPS) is 13.0. The lowest BCUT2D eigenvalue weighted by Crippen LogP contribution is -2.30. The van der Waals surface area contributed by atoms with Crippen molar-refractivity contribution in [1.29, 1.82) is 0 Å². The van der Waals surface area contributed by atoms with Gasteiger partial charge in [0.15, 0.2) is 6.10 Å². The third-order valence-electron chi connectivity index (χ3n) is 10.0. The quantitative estimate of drug-likeness (QED) is 0.0263. The fraction of sp³-hybridized carbons (Fsp3) is 0.625. The zero-order chi connectivity index (χ0) is 45.1. The number of ether oxygens (including phenoxy) is 3. The minimum absolute atomic E-state index is 0.113. The van der Waals surface area contributed by atoms with Gasteiger partial charge in [0.25, 0.3) is 0 Å². The van der Waals surface area contributed by atoms with Crippen molar-refractivity contribution in [3.63, 3.8) is 0 Å². The molecule has 0 fully saturated rings. The molecule has 1 unspecified atom stereocenters. The third kappa shape index (κ3) is 47.1. The SMILES string of the molecule is CC/C=C\C/C=C\C/C=C\C/C=C\CCC(=O)OCC(COC(=O)CCCCCCCCC/C=C\C/C=C\C/C=C\CC)OC(=O)CCCCCCC/C=C\C/C=C\CCCC. The van der Waals surface area contributed by atoms with Gasteiger partial charge in [-0.05, 0) is 103 Å². The van der Waals surface area contributed by atoms with Crippen LogP contribution in [-0.2, 0) is 28.6 Å². The molecule has 0 N–H and O–H groups in total. The molecule has 0 amide bonds. The number of unbranched alkanes of at least 4 members (excludes halogenated alkanes) is 14. The number of esters is 3. The van der Waals surface area contributed by atoms with E-state index in [1.165, 1.54) is 44.9 Å². The molecule has 6 nitrogen and oxygen atoms in total. The number of rotatable bonds is 43. The van der Waals surface area contributed by atoms with Crippen molar-refractivity contribution in [2.75, 3.05) is 13.2 Å². The molecule has 0 aliphatic carbocycles. The zero-order valence-electron chi connectivity index (χ0n) is 39.8. The van der Waals surface area contributed by atoms with Crippen LogP contribution < -0.4 is 0 Å². The average molecular weight is 859 g/mol. The predicted molar refractivity (Wildman–Crippen MR) is 265 cm³/mol. The molecule has 0 aliphatic heterocycles. The molecule has 0 aromatic carbocycles. The monoisotopic (exact) mass is 859 g/mol. The highest BCUT2D eigenvalue weighted by Gasteiger charge is 2.19. The second kappa shape index (κ2) is 49.7. The van der Waals surface area contributed by atoms with E-state index >= 15 is 0 Å². The maximum absolute atomic E-state index is 12.8. The summed E-state index contributed by atoms with van der Waals surface area (Å²) in [4.78, 5) is 37.9. The standard InChI is InChI=1S/C56H90O6/c1-4-7-10-13-16-19-22-25-27-28-29-32-34-37-40-43-46-49-55(58)61-52-53(51-60-54(57)48-45-42-39-36-33-30-24-21-18-15-12-9-6-3)62-56(59)50-47-44-41-38-35-31-26-23-20-17-14-11-8-5-2/h7,9-10,12,14,16-19,21,23,25-27,30,33,39,42,53H,4-6,8,11,13,15,20,22,24,28-29,31-32,34-38,40-41,43-52H2,1-3H3/b10-7-,12-9-,17-14-,19-16-,21-18-,26-23-,27-25-,33-30-,42-39-. The molecular formula is C56H90O6. The molecule has 0 spiro atoms. The Bertz CT molecular complexity index is 1310. The molecule has 0 aromatic heterocycles. The lowest BCUT2D eigenvalue weighted by Gasteiger charge is -2.18. The van der Waals surface area contributed by atoms with E-state index in [-0.39, 0.29) is 37.5 Å². The van der Waals surface area contributed by atoms with Crippen LogP contribution in [0, 0.1) is 0 Å². The minimum Gasteiger partial charge on any atom is -0.462 e. The fourth-order valence-electron chi connectivity index (χ4n) is 6.31. The molecule has 62 heavy (non-hydrogen) atoms. The first-order valence-electron chi connectivity index (χ1n) is 24.9. The molecule has 350 valence electrons. The summed E-state index contributed by atoms with van der Waals surface area (Å²) >= 11 is 0.